The van der Waals surface area contributed by atoms with Crippen LogP contribution in [-0.2, 0) is 0 Å². The van der Waals surface area contributed by atoms with Crippen molar-refractivity contribution in [3.05, 3.63) is 35.1 Å². The van der Waals surface area contributed by atoms with E-state index >= 15 is 0 Å². The molecule has 17 heavy (non-hydrogen) atoms. The summed E-state index contributed by atoms with van der Waals surface area (Å²) in [5.41, 5.74) is 1.35. The fraction of sp³-hybridized carbons (Fsp3) is 0.571. The standard InChI is InChI=1S/C14H22FNO/c1-4-8-16-13(5-2)14(17)11-6-7-12(15)10(3)9-11/h6-7,9,13-14,16-17H,4-5,8H2,1-3H3. The predicted molar refractivity (Wildman–Crippen MR) is 68.5 cm³/mol. The predicted octanol–water partition coefficient (Wildman–Crippen LogP) is 2.95. The van der Waals surface area contributed by atoms with Crippen LogP contribution in [-0.4, -0.2) is 17.7 Å². The Morgan fingerprint density at radius 1 is 1.35 bits per heavy atom. The molecule has 96 valence electrons. The van der Waals surface area contributed by atoms with Crippen molar-refractivity contribution in [3.8, 4) is 0 Å². The summed E-state index contributed by atoms with van der Waals surface area (Å²) in [6.45, 7) is 6.72. The molecular formula is C14H22FNO. The highest BCUT2D eigenvalue weighted by molar-refractivity contribution is 5.26. The molecule has 2 N–H and O–H groups in total. The van der Waals surface area contributed by atoms with Crippen LogP contribution in [0.3, 0.4) is 0 Å². The third-order valence-corrected chi connectivity index (χ3v) is 3.00. The van der Waals surface area contributed by atoms with Gasteiger partial charge in [-0.1, -0.05) is 26.0 Å². The minimum Gasteiger partial charge on any atom is -0.387 e. The summed E-state index contributed by atoms with van der Waals surface area (Å²) in [4.78, 5) is 0. The molecule has 2 nitrogen and oxygen atoms in total. The summed E-state index contributed by atoms with van der Waals surface area (Å²) >= 11 is 0. The van der Waals surface area contributed by atoms with Gasteiger partial charge in [0.1, 0.15) is 5.82 Å². The van der Waals surface area contributed by atoms with Crippen LogP contribution < -0.4 is 5.32 Å². The molecule has 0 bridgehead atoms. The van der Waals surface area contributed by atoms with Crippen LogP contribution >= 0.6 is 0 Å². The van der Waals surface area contributed by atoms with E-state index in [0.29, 0.717) is 5.56 Å². The number of nitrogens with one attached hydrogen (secondary N) is 1. The lowest BCUT2D eigenvalue weighted by Crippen LogP contribution is -2.34. The van der Waals surface area contributed by atoms with Crippen molar-refractivity contribution in [1.82, 2.24) is 5.32 Å². The molecule has 0 aliphatic heterocycles. The first kappa shape index (κ1) is 14.1. The molecule has 3 heteroatoms. The fourth-order valence-electron chi connectivity index (χ4n) is 1.89. The molecule has 0 fully saturated rings. The van der Waals surface area contributed by atoms with Gasteiger partial charge in [-0.25, -0.2) is 4.39 Å². The topological polar surface area (TPSA) is 32.3 Å². The Morgan fingerprint density at radius 2 is 2.06 bits per heavy atom. The van der Waals surface area contributed by atoms with E-state index in [9.17, 15) is 9.50 Å². The summed E-state index contributed by atoms with van der Waals surface area (Å²) < 4.78 is 13.2. The van der Waals surface area contributed by atoms with E-state index in [1.54, 1.807) is 19.1 Å². The fourth-order valence-corrected chi connectivity index (χ4v) is 1.89. The molecule has 0 amide bonds. The highest BCUT2D eigenvalue weighted by atomic mass is 19.1. The molecule has 2 atom stereocenters. The molecule has 1 rings (SSSR count). The Labute approximate surface area is 103 Å². The second kappa shape index (κ2) is 6.72. The van der Waals surface area contributed by atoms with Crippen LogP contribution in [0.2, 0.25) is 0 Å². The van der Waals surface area contributed by atoms with Crippen LogP contribution in [0, 0.1) is 12.7 Å². The summed E-state index contributed by atoms with van der Waals surface area (Å²) in [6, 6.07) is 4.82. The molecule has 0 aromatic heterocycles. The van der Waals surface area contributed by atoms with E-state index in [2.05, 4.69) is 12.2 Å². The largest absolute Gasteiger partial charge is 0.387 e. The van der Waals surface area contributed by atoms with Crippen molar-refractivity contribution in [1.29, 1.82) is 0 Å². The van der Waals surface area contributed by atoms with Crippen LogP contribution in [0.5, 0.6) is 0 Å². The van der Waals surface area contributed by atoms with Gasteiger partial charge in [-0.3, -0.25) is 0 Å². The Morgan fingerprint density at radius 3 is 2.59 bits per heavy atom. The second-order valence-electron chi connectivity index (χ2n) is 4.42. The maximum Gasteiger partial charge on any atom is 0.126 e. The van der Waals surface area contributed by atoms with E-state index in [1.807, 2.05) is 6.92 Å². The Bertz CT molecular complexity index is 354. The lowest BCUT2D eigenvalue weighted by Gasteiger charge is -2.23. The first-order valence-electron chi connectivity index (χ1n) is 6.27. The first-order valence-corrected chi connectivity index (χ1v) is 6.27. The van der Waals surface area contributed by atoms with Gasteiger partial charge in [0.05, 0.1) is 6.10 Å². The minimum absolute atomic E-state index is 0.0276. The van der Waals surface area contributed by atoms with Crippen molar-refractivity contribution in [3.63, 3.8) is 0 Å². The number of aryl methyl sites for hydroxylation is 1. The lowest BCUT2D eigenvalue weighted by molar-refractivity contribution is 0.126. The van der Waals surface area contributed by atoms with Gasteiger partial charge in [0, 0.05) is 6.04 Å². The van der Waals surface area contributed by atoms with E-state index in [0.717, 1.165) is 24.9 Å². The number of halogens is 1. The number of rotatable bonds is 6. The molecule has 0 radical (unpaired) electrons. The molecule has 1 aromatic rings. The third-order valence-electron chi connectivity index (χ3n) is 3.00. The molecule has 0 spiro atoms. The van der Waals surface area contributed by atoms with Gasteiger partial charge in [-0.05, 0) is 43.5 Å². The average Bonchev–Trinajstić information content (AvgIpc) is 2.33. The van der Waals surface area contributed by atoms with Gasteiger partial charge >= 0.3 is 0 Å². The maximum absolute atomic E-state index is 13.2. The van der Waals surface area contributed by atoms with E-state index < -0.39 is 6.10 Å². The van der Waals surface area contributed by atoms with Gasteiger partial charge in [0.2, 0.25) is 0 Å². The number of aliphatic hydroxyl groups is 1. The quantitative estimate of drug-likeness (QED) is 0.800. The summed E-state index contributed by atoms with van der Waals surface area (Å²) in [5, 5.41) is 13.5. The smallest absolute Gasteiger partial charge is 0.126 e. The van der Waals surface area contributed by atoms with Crippen LogP contribution in [0.1, 0.15) is 43.9 Å². The van der Waals surface area contributed by atoms with Crippen LogP contribution in [0.4, 0.5) is 4.39 Å². The van der Waals surface area contributed by atoms with Crippen molar-refractivity contribution >= 4 is 0 Å². The van der Waals surface area contributed by atoms with E-state index in [-0.39, 0.29) is 11.9 Å². The third kappa shape index (κ3) is 3.79. The Kier molecular flexibility index (Phi) is 5.59. The number of hydrogen-bond donors (Lipinski definition) is 2. The molecule has 2 unspecified atom stereocenters. The molecule has 0 aliphatic rings. The first-order chi connectivity index (χ1) is 8.10. The molecule has 0 saturated carbocycles. The molecule has 0 saturated heterocycles. The van der Waals surface area contributed by atoms with Gasteiger partial charge in [0.15, 0.2) is 0 Å². The van der Waals surface area contributed by atoms with E-state index in [1.165, 1.54) is 6.07 Å². The van der Waals surface area contributed by atoms with Gasteiger partial charge < -0.3 is 10.4 Å². The zero-order chi connectivity index (χ0) is 12.8. The minimum atomic E-state index is -0.578. The van der Waals surface area contributed by atoms with Gasteiger partial charge in [0.25, 0.3) is 0 Å². The maximum atomic E-state index is 13.2. The average molecular weight is 239 g/mol. The van der Waals surface area contributed by atoms with Crippen LogP contribution in [0.15, 0.2) is 18.2 Å². The monoisotopic (exact) mass is 239 g/mol. The zero-order valence-corrected chi connectivity index (χ0v) is 10.8. The van der Waals surface area contributed by atoms with Crippen LogP contribution in [0.25, 0.3) is 0 Å². The van der Waals surface area contributed by atoms with Gasteiger partial charge in [-0.15, -0.1) is 0 Å². The molecule has 0 heterocycles. The van der Waals surface area contributed by atoms with Crippen molar-refractivity contribution in [2.75, 3.05) is 6.54 Å². The van der Waals surface area contributed by atoms with Crippen molar-refractivity contribution < 1.29 is 9.50 Å². The Hall–Kier alpha value is -0.930. The second-order valence-corrected chi connectivity index (χ2v) is 4.42. The highest BCUT2D eigenvalue weighted by Gasteiger charge is 2.18. The van der Waals surface area contributed by atoms with Gasteiger partial charge in [-0.2, -0.15) is 0 Å². The lowest BCUT2D eigenvalue weighted by atomic mass is 9.98. The number of benzene rings is 1. The normalized spacial score (nSPS) is 14.6. The molecular weight excluding hydrogens is 217 g/mol. The van der Waals surface area contributed by atoms with Crippen molar-refractivity contribution in [2.24, 2.45) is 0 Å². The Balaban J connectivity index is 2.78. The number of aliphatic hydroxyl groups excluding tert-OH is 1. The summed E-state index contributed by atoms with van der Waals surface area (Å²) in [5.74, 6) is -0.226. The van der Waals surface area contributed by atoms with E-state index in [4.69, 9.17) is 0 Å². The van der Waals surface area contributed by atoms with Crippen molar-refractivity contribution in [2.45, 2.75) is 45.8 Å². The SMILES string of the molecule is CCCNC(CC)C(O)c1ccc(F)c(C)c1. The number of hydrogen-bond acceptors (Lipinski definition) is 2. The summed E-state index contributed by atoms with van der Waals surface area (Å²) in [7, 11) is 0. The molecule has 1 aromatic carbocycles. The molecule has 0 aliphatic carbocycles. The highest BCUT2D eigenvalue weighted by Crippen LogP contribution is 2.21. The summed E-state index contributed by atoms with van der Waals surface area (Å²) in [6.07, 6.45) is 1.30. The zero-order valence-electron chi connectivity index (χ0n) is 10.8.